The molecule has 31 heavy (non-hydrogen) atoms. The molecule has 0 aliphatic rings. The van der Waals surface area contributed by atoms with E-state index < -0.39 is 5.91 Å². The molecule has 0 aromatic heterocycles. The van der Waals surface area contributed by atoms with Crippen molar-refractivity contribution in [3.63, 3.8) is 0 Å². The summed E-state index contributed by atoms with van der Waals surface area (Å²) in [4.78, 5) is 28.5. The lowest BCUT2D eigenvalue weighted by Gasteiger charge is -2.25. The largest absolute Gasteiger partial charge is 0.493 e. The molecular formula is C23H29N3O5. The van der Waals surface area contributed by atoms with Crippen LogP contribution in [0.2, 0.25) is 0 Å². The predicted octanol–water partition coefficient (Wildman–Crippen LogP) is 2.42. The van der Waals surface area contributed by atoms with E-state index in [0.717, 1.165) is 0 Å². The van der Waals surface area contributed by atoms with Crippen molar-refractivity contribution in [1.29, 1.82) is 0 Å². The summed E-state index contributed by atoms with van der Waals surface area (Å²) in [6.45, 7) is 0.993. The monoisotopic (exact) mass is 427 g/mol. The number of benzene rings is 2. The van der Waals surface area contributed by atoms with Gasteiger partial charge in [-0.15, -0.1) is 0 Å². The minimum absolute atomic E-state index is 0.288. The molecule has 0 unspecified atom stereocenters. The van der Waals surface area contributed by atoms with Gasteiger partial charge in [0.25, 0.3) is 11.8 Å². The van der Waals surface area contributed by atoms with Crippen molar-refractivity contribution in [1.82, 2.24) is 4.90 Å². The second-order valence-corrected chi connectivity index (χ2v) is 6.97. The highest BCUT2D eigenvalue weighted by molar-refractivity contribution is 6.08. The predicted molar refractivity (Wildman–Crippen MR) is 121 cm³/mol. The normalized spacial score (nSPS) is 10.9. The molecule has 2 amide bonds. The van der Waals surface area contributed by atoms with Gasteiger partial charge in [0.05, 0.1) is 32.6 Å². The van der Waals surface area contributed by atoms with Crippen LogP contribution in [0.4, 0.5) is 5.69 Å². The van der Waals surface area contributed by atoms with Crippen LogP contribution in [0, 0.1) is 0 Å². The lowest BCUT2D eigenvalue weighted by molar-refractivity contribution is -0.114. The van der Waals surface area contributed by atoms with Crippen LogP contribution in [0.3, 0.4) is 0 Å². The van der Waals surface area contributed by atoms with E-state index in [1.807, 2.05) is 19.0 Å². The van der Waals surface area contributed by atoms with Crippen LogP contribution >= 0.6 is 0 Å². The molecule has 8 heteroatoms. The second-order valence-electron chi connectivity index (χ2n) is 6.97. The number of likely N-dealkylation sites (N-methyl/N-ethyl adjacent to an activating group) is 1. The summed E-state index contributed by atoms with van der Waals surface area (Å²) < 4.78 is 16.0. The average Bonchev–Trinajstić information content (AvgIpc) is 2.76. The molecule has 0 saturated heterocycles. The summed E-state index contributed by atoms with van der Waals surface area (Å²) in [5, 5.41) is 0. The third-order valence-electron chi connectivity index (χ3n) is 4.60. The van der Waals surface area contributed by atoms with E-state index in [4.69, 9.17) is 19.9 Å². The zero-order chi connectivity index (χ0) is 23.0. The van der Waals surface area contributed by atoms with Crippen LogP contribution in [0.1, 0.15) is 15.9 Å². The second kappa shape index (κ2) is 11.0. The van der Waals surface area contributed by atoms with Gasteiger partial charge in [0.2, 0.25) is 5.75 Å². The first-order chi connectivity index (χ1) is 14.8. The van der Waals surface area contributed by atoms with E-state index in [1.165, 1.54) is 32.3 Å². The SMILES string of the molecule is COc1cc(/C=C/C(=O)N(CCN(C)C)c2ccccc2C(N)=O)cc(OC)c1OC. The molecule has 0 radical (unpaired) electrons. The van der Waals surface area contributed by atoms with Gasteiger partial charge in [0.15, 0.2) is 11.5 Å². The van der Waals surface area contributed by atoms with Crippen molar-refractivity contribution >= 4 is 23.6 Å². The average molecular weight is 428 g/mol. The van der Waals surface area contributed by atoms with Crippen molar-refractivity contribution in [2.45, 2.75) is 0 Å². The van der Waals surface area contributed by atoms with Crippen molar-refractivity contribution in [2.75, 3.05) is 53.4 Å². The Kier molecular flexibility index (Phi) is 8.45. The minimum atomic E-state index is -0.591. The first kappa shape index (κ1) is 23.8. The van der Waals surface area contributed by atoms with Crippen molar-refractivity contribution in [3.05, 3.63) is 53.6 Å². The molecule has 2 N–H and O–H groups in total. The van der Waals surface area contributed by atoms with E-state index in [2.05, 4.69) is 0 Å². The van der Waals surface area contributed by atoms with Gasteiger partial charge >= 0.3 is 0 Å². The first-order valence-electron chi connectivity index (χ1n) is 9.65. The van der Waals surface area contributed by atoms with Crippen LogP contribution in [-0.4, -0.2) is 65.2 Å². The number of methoxy groups -OCH3 is 3. The fourth-order valence-electron chi connectivity index (χ4n) is 3.02. The van der Waals surface area contributed by atoms with Crippen LogP contribution in [0.15, 0.2) is 42.5 Å². The number of primary amides is 1. The smallest absolute Gasteiger partial charge is 0.251 e. The van der Waals surface area contributed by atoms with Gasteiger partial charge in [-0.05, 0) is 50.0 Å². The van der Waals surface area contributed by atoms with E-state index in [9.17, 15) is 9.59 Å². The Labute approximate surface area is 182 Å². The Bertz CT molecular complexity index is 931. The first-order valence-corrected chi connectivity index (χ1v) is 9.65. The molecule has 0 bridgehead atoms. The molecule has 0 heterocycles. The molecule has 0 spiro atoms. The van der Waals surface area contributed by atoms with E-state index in [1.54, 1.807) is 42.5 Å². The molecule has 2 rings (SSSR count). The maximum Gasteiger partial charge on any atom is 0.251 e. The summed E-state index contributed by atoms with van der Waals surface area (Å²) in [6.07, 6.45) is 3.09. The van der Waals surface area contributed by atoms with Gasteiger partial charge in [-0.3, -0.25) is 9.59 Å². The minimum Gasteiger partial charge on any atom is -0.493 e. The Balaban J connectivity index is 2.40. The molecule has 0 aliphatic carbocycles. The zero-order valence-electron chi connectivity index (χ0n) is 18.5. The third-order valence-corrected chi connectivity index (χ3v) is 4.60. The topological polar surface area (TPSA) is 94.3 Å². The lowest BCUT2D eigenvalue weighted by atomic mass is 10.1. The number of amides is 2. The van der Waals surface area contributed by atoms with Crippen LogP contribution in [-0.2, 0) is 4.79 Å². The van der Waals surface area contributed by atoms with Crippen molar-refractivity contribution in [3.8, 4) is 17.2 Å². The highest BCUT2D eigenvalue weighted by atomic mass is 16.5. The van der Waals surface area contributed by atoms with Gasteiger partial charge in [0.1, 0.15) is 0 Å². The number of anilines is 1. The quantitative estimate of drug-likeness (QED) is 0.585. The van der Waals surface area contributed by atoms with Crippen molar-refractivity contribution in [2.24, 2.45) is 5.73 Å². The third kappa shape index (κ3) is 5.99. The maximum atomic E-state index is 13.1. The standard InChI is InChI=1S/C23H29N3O5/c1-25(2)12-13-26(18-9-7-6-8-17(18)23(24)28)21(27)11-10-16-14-19(29-3)22(31-5)20(15-16)30-4/h6-11,14-15H,12-13H2,1-5H3,(H2,24,28)/b11-10+. The molecule has 0 fully saturated rings. The number of hydrogen-bond acceptors (Lipinski definition) is 6. The number of carbonyl (C=O) groups is 2. The molecule has 8 nitrogen and oxygen atoms in total. The summed E-state index contributed by atoms with van der Waals surface area (Å²) in [5.41, 5.74) is 6.97. The number of ether oxygens (including phenoxy) is 3. The van der Waals surface area contributed by atoms with E-state index in [-0.39, 0.29) is 11.5 Å². The molecule has 2 aromatic rings. The number of hydrogen-bond donors (Lipinski definition) is 1. The lowest BCUT2D eigenvalue weighted by Crippen LogP contribution is -2.37. The van der Waals surface area contributed by atoms with Gasteiger partial charge < -0.3 is 29.7 Å². The summed E-state index contributed by atoms with van der Waals surface area (Å²) in [6, 6.07) is 10.3. The molecule has 2 aromatic carbocycles. The van der Waals surface area contributed by atoms with Gasteiger partial charge in [-0.2, -0.15) is 0 Å². The Morgan fingerprint density at radius 1 is 0.968 bits per heavy atom. The fourth-order valence-corrected chi connectivity index (χ4v) is 3.02. The Hall–Kier alpha value is -3.52. The summed E-state index contributed by atoms with van der Waals surface area (Å²) >= 11 is 0. The Morgan fingerprint density at radius 2 is 1.58 bits per heavy atom. The fraction of sp³-hybridized carbons (Fsp3) is 0.304. The molecular weight excluding hydrogens is 398 g/mol. The van der Waals surface area contributed by atoms with Crippen LogP contribution in [0.5, 0.6) is 17.2 Å². The number of carbonyl (C=O) groups excluding carboxylic acids is 2. The van der Waals surface area contributed by atoms with Gasteiger partial charge in [-0.1, -0.05) is 12.1 Å². The number of rotatable bonds is 10. The molecule has 0 atom stereocenters. The number of para-hydroxylation sites is 1. The highest BCUT2D eigenvalue weighted by Gasteiger charge is 2.19. The van der Waals surface area contributed by atoms with Crippen LogP contribution < -0.4 is 24.8 Å². The van der Waals surface area contributed by atoms with E-state index >= 15 is 0 Å². The summed E-state index contributed by atoms with van der Waals surface area (Å²) in [7, 11) is 8.40. The highest BCUT2D eigenvalue weighted by Crippen LogP contribution is 2.38. The number of nitrogens with two attached hydrogens (primary N) is 1. The number of nitrogens with zero attached hydrogens (tertiary/aromatic N) is 2. The molecule has 0 aliphatic heterocycles. The molecule has 166 valence electrons. The van der Waals surface area contributed by atoms with Gasteiger partial charge in [0, 0.05) is 19.2 Å². The summed E-state index contributed by atoms with van der Waals surface area (Å²) in [5.74, 6) is 0.558. The van der Waals surface area contributed by atoms with Crippen molar-refractivity contribution < 1.29 is 23.8 Å². The molecule has 0 saturated carbocycles. The van der Waals surface area contributed by atoms with E-state index in [0.29, 0.717) is 41.6 Å². The Morgan fingerprint density at radius 3 is 2.10 bits per heavy atom. The van der Waals surface area contributed by atoms with Crippen LogP contribution in [0.25, 0.3) is 6.08 Å². The maximum absolute atomic E-state index is 13.1. The van der Waals surface area contributed by atoms with Gasteiger partial charge in [-0.25, -0.2) is 0 Å². The zero-order valence-corrected chi connectivity index (χ0v) is 18.5.